The number of piperazine rings is 1. The molecule has 0 aliphatic carbocycles. The standard InChI is InChI=1S/C16H16Cl2N4O/c17-13-3-1-11(9-14(13)18)16(23)21-15-4-2-12(10-20-15)22-7-5-19-6-8-22/h1-4,9-10,19H,5-8H2,(H,20,21,23). The lowest BCUT2D eigenvalue weighted by Crippen LogP contribution is -2.43. The minimum Gasteiger partial charge on any atom is -0.368 e. The van der Waals surface area contributed by atoms with Crippen molar-refractivity contribution in [1.82, 2.24) is 10.3 Å². The number of aromatic nitrogens is 1. The highest BCUT2D eigenvalue weighted by Crippen LogP contribution is 2.23. The second-order valence-corrected chi connectivity index (χ2v) is 6.04. The van der Waals surface area contributed by atoms with Gasteiger partial charge in [-0.05, 0) is 30.3 Å². The number of pyridine rings is 1. The Labute approximate surface area is 144 Å². The molecule has 0 saturated carbocycles. The second kappa shape index (κ2) is 7.17. The van der Waals surface area contributed by atoms with Crippen LogP contribution in [0, 0.1) is 0 Å². The maximum atomic E-state index is 12.2. The number of amides is 1. The average Bonchev–Trinajstić information content (AvgIpc) is 2.59. The van der Waals surface area contributed by atoms with Crippen molar-refractivity contribution < 1.29 is 4.79 Å². The van der Waals surface area contributed by atoms with Gasteiger partial charge in [0.2, 0.25) is 0 Å². The first-order chi connectivity index (χ1) is 11.1. The molecule has 0 spiro atoms. The lowest BCUT2D eigenvalue weighted by Gasteiger charge is -2.29. The van der Waals surface area contributed by atoms with Crippen molar-refractivity contribution in [3.8, 4) is 0 Å². The first-order valence-corrected chi connectivity index (χ1v) is 8.07. The van der Waals surface area contributed by atoms with Crippen LogP contribution in [0.4, 0.5) is 11.5 Å². The number of nitrogens with one attached hydrogen (secondary N) is 2. The van der Waals surface area contributed by atoms with E-state index in [4.69, 9.17) is 23.2 Å². The molecule has 23 heavy (non-hydrogen) atoms. The Bertz CT molecular complexity index is 700. The van der Waals surface area contributed by atoms with Crippen molar-refractivity contribution in [1.29, 1.82) is 0 Å². The molecule has 2 heterocycles. The predicted molar refractivity (Wildman–Crippen MR) is 93.7 cm³/mol. The number of carbonyl (C=O) groups excluding carboxylic acids is 1. The predicted octanol–water partition coefficient (Wildman–Crippen LogP) is 3.05. The molecule has 0 atom stereocenters. The van der Waals surface area contributed by atoms with Crippen LogP contribution < -0.4 is 15.5 Å². The fourth-order valence-corrected chi connectivity index (χ4v) is 2.69. The third-order valence-corrected chi connectivity index (χ3v) is 4.39. The van der Waals surface area contributed by atoms with Crippen LogP contribution in [0.2, 0.25) is 10.0 Å². The Morgan fingerprint density at radius 2 is 1.91 bits per heavy atom. The number of benzene rings is 1. The van der Waals surface area contributed by atoms with Crippen LogP contribution in [0.15, 0.2) is 36.5 Å². The van der Waals surface area contributed by atoms with Crippen LogP contribution in [-0.4, -0.2) is 37.1 Å². The Balaban J connectivity index is 1.67. The van der Waals surface area contributed by atoms with Crippen molar-refractivity contribution in [3.63, 3.8) is 0 Å². The monoisotopic (exact) mass is 350 g/mol. The summed E-state index contributed by atoms with van der Waals surface area (Å²) in [4.78, 5) is 18.8. The Hall–Kier alpha value is -1.82. The molecular weight excluding hydrogens is 335 g/mol. The molecule has 1 saturated heterocycles. The zero-order valence-electron chi connectivity index (χ0n) is 12.4. The van der Waals surface area contributed by atoms with Gasteiger partial charge in [0.05, 0.1) is 21.9 Å². The van der Waals surface area contributed by atoms with Gasteiger partial charge in [0, 0.05) is 31.7 Å². The van der Waals surface area contributed by atoms with Gasteiger partial charge in [-0.25, -0.2) is 4.98 Å². The van der Waals surface area contributed by atoms with Gasteiger partial charge in [-0.1, -0.05) is 23.2 Å². The van der Waals surface area contributed by atoms with E-state index in [9.17, 15) is 4.79 Å². The van der Waals surface area contributed by atoms with E-state index in [-0.39, 0.29) is 5.91 Å². The molecular formula is C16H16Cl2N4O. The molecule has 5 nitrogen and oxygen atoms in total. The first-order valence-electron chi connectivity index (χ1n) is 7.31. The summed E-state index contributed by atoms with van der Waals surface area (Å²) in [6, 6.07) is 8.52. The van der Waals surface area contributed by atoms with E-state index < -0.39 is 0 Å². The number of anilines is 2. The zero-order valence-corrected chi connectivity index (χ0v) is 13.9. The Morgan fingerprint density at radius 3 is 2.57 bits per heavy atom. The molecule has 3 rings (SSSR count). The molecule has 7 heteroatoms. The quantitative estimate of drug-likeness (QED) is 0.893. The fourth-order valence-electron chi connectivity index (χ4n) is 2.40. The lowest BCUT2D eigenvalue weighted by molar-refractivity contribution is 0.102. The fraction of sp³-hybridized carbons (Fsp3) is 0.250. The van der Waals surface area contributed by atoms with Gasteiger partial charge in [0.25, 0.3) is 5.91 Å². The van der Waals surface area contributed by atoms with Crippen LogP contribution in [0.3, 0.4) is 0 Å². The van der Waals surface area contributed by atoms with E-state index in [1.165, 1.54) is 6.07 Å². The van der Waals surface area contributed by atoms with E-state index >= 15 is 0 Å². The maximum Gasteiger partial charge on any atom is 0.256 e. The van der Waals surface area contributed by atoms with Gasteiger partial charge in [-0.2, -0.15) is 0 Å². The van der Waals surface area contributed by atoms with Gasteiger partial charge < -0.3 is 15.5 Å². The van der Waals surface area contributed by atoms with Gasteiger partial charge in [0.1, 0.15) is 5.82 Å². The van der Waals surface area contributed by atoms with Crippen molar-refractivity contribution in [2.45, 2.75) is 0 Å². The first kappa shape index (κ1) is 16.1. The summed E-state index contributed by atoms with van der Waals surface area (Å²) in [7, 11) is 0. The molecule has 2 N–H and O–H groups in total. The third kappa shape index (κ3) is 3.93. The largest absolute Gasteiger partial charge is 0.368 e. The van der Waals surface area contributed by atoms with Crippen molar-refractivity contribution in [3.05, 3.63) is 52.1 Å². The number of hydrogen-bond donors (Lipinski definition) is 2. The number of halogens is 2. The minimum absolute atomic E-state index is 0.272. The summed E-state index contributed by atoms with van der Waals surface area (Å²) in [5.74, 6) is 0.228. The summed E-state index contributed by atoms with van der Waals surface area (Å²) in [5.41, 5.74) is 1.49. The summed E-state index contributed by atoms with van der Waals surface area (Å²) < 4.78 is 0. The van der Waals surface area contributed by atoms with Crippen molar-refractivity contribution in [2.75, 3.05) is 36.4 Å². The van der Waals surface area contributed by atoms with Crippen LogP contribution in [-0.2, 0) is 0 Å². The molecule has 0 bridgehead atoms. The highest BCUT2D eigenvalue weighted by molar-refractivity contribution is 6.42. The van der Waals surface area contributed by atoms with E-state index in [2.05, 4.69) is 20.5 Å². The molecule has 1 aromatic heterocycles. The van der Waals surface area contributed by atoms with Crippen LogP contribution >= 0.6 is 23.2 Å². The number of carbonyl (C=O) groups is 1. The van der Waals surface area contributed by atoms with E-state index in [0.717, 1.165) is 31.9 Å². The van der Waals surface area contributed by atoms with Crippen molar-refractivity contribution >= 4 is 40.6 Å². The molecule has 1 amide bonds. The normalized spacial score (nSPS) is 14.6. The summed E-state index contributed by atoms with van der Waals surface area (Å²) in [6.07, 6.45) is 1.77. The van der Waals surface area contributed by atoms with Gasteiger partial charge >= 0.3 is 0 Å². The molecule has 2 aromatic rings. The number of hydrogen-bond acceptors (Lipinski definition) is 4. The summed E-state index contributed by atoms with van der Waals surface area (Å²) in [6.45, 7) is 3.85. The molecule has 0 radical (unpaired) electrons. The SMILES string of the molecule is O=C(Nc1ccc(N2CCNCC2)cn1)c1ccc(Cl)c(Cl)c1. The molecule has 0 unspecified atom stereocenters. The van der Waals surface area contributed by atoms with Gasteiger partial charge in [-0.3, -0.25) is 4.79 Å². The third-order valence-electron chi connectivity index (χ3n) is 3.65. The van der Waals surface area contributed by atoms with Crippen LogP contribution in [0.5, 0.6) is 0 Å². The second-order valence-electron chi connectivity index (χ2n) is 5.22. The Kier molecular flexibility index (Phi) is 5.00. The highest BCUT2D eigenvalue weighted by atomic mass is 35.5. The average molecular weight is 351 g/mol. The van der Waals surface area contributed by atoms with E-state index in [1.54, 1.807) is 24.4 Å². The molecule has 120 valence electrons. The lowest BCUT2D eigenvalue weighted by atomic mass is 10.2. The Morgan fingerprint density at radius 1 is 1.13 bits per heavy atom. The summed E-state index contributed by atoms with van der Waals surface area (Å²) >= 11 is 11.8. The smallest absolute Gasteiger partial charge is 0.256 e. The zero-order chi connectivity index (χ0) is 16.2. The molecule has 1 fully saturated rings. The van der Waals surface area contributed by atoms with E-state index in [0.29, 0.717) is 21.4 Å². The highest BCUT2D eigenvalue weighted by Gasteiger charge is 2.12. The van der Waals surface area contributed by atoms with Crippen LogP contribution in [0.1, 0.15) is 10.4 Å². The van der Waals surface area contributed by atoms with E-state index in [1.807, 2.05) is 6.07 Å². The summed E-state index contributed by atoms with van der Waals surface area (Å²) in [5, 5.41) is 6.83. The molecule has 1 aromatic carbocycles. The van der Waals surface area contributed by atoms with Gasteiger partial charge in [0.15, 0.2) is 0 Å². The van der Waals surface area contributed by atoms with Crippen molar-refractivity contribution in [2.24, 2.45) is 0 Å². The topological polar surface area (TPSA) is 57.3 Å². The van der Waals surface area contributed by atoms with Gasteiger partial charge in [-0.15, -0.1) is 0 Å². The molecule has 1 aliphatic rings. The minimum atomic E-state index is -0.272. The maximum absolute atomic E-state index is 12.2. The molecule has 1 aliphatic heterocycles. The number of rotatable bonds is 3. The van der Waals surface area contributed by atoms with Crippen LogP contribution in [0.25, 0.3) is 0 Å². The number of nitrogens with zero attached hydrogens (tertiary/aromatic N) is 2.